The van der Waals surface area contributed by atoms with Crippen LogP contribution in [0, 0.1) is 0 Å². The van der Waals surface area contributed by atoms with Crippen LogP contribution < -0.4 is 10.5 Å². The summed E-state index contributed by atoms with van der Waals surface area (Å²) in [5.41, 5.74) is 6.37. The fourth-order valence-corrected chi connectivity index (χ4v) is 1.97. The van der Waals surface area contributed by atoms with E-state index in [0.717, 1.165) is 30.1 Å². The molecule has 0 atom stereocenters. The van der Waals surface area contributed by atoms with Crippen molar-refractivity contribution in [3.05, 3.63) is 29.2 Å². The van der Waals surface area contributed by atoms with E-state index in [1.165, 1.54) is 0 Å². The maximum Gasteiger partial charge on any atom is 0.199 e. The fourth-order valence-electron chi connectivity index (χ4n) is 1.72. The Bertz CT molecular complexity index is 495. The highest BCUT2D eigenvalue weighted by Crippen LogP contribution is 2.24. The van der Waals surface area contributed by atoms with Gasteiger partial charge in [-0.15, -0.1) is 0 Å². The normalized spacial score (nSPS) is 10.9. The van der Waals surface area contributed by atoms with Gasteiger partial charge < -0.3 is 10.5 Å². The zero-order valence-corrected chi connectivity index (χ0v) is 9.87. The quantitative estimate of drug-likeness (QED) is 0.887. The van der Waals surface area contributed by atoms with E-state index < -0.39 is 0 Å². The number of halogens is 1. The molecule has 2 aromatic rings. The van der Waals surface area contributed by atoms with Gasteiger partial charge in [0, 0.05) is 6.42 Å². The van der Waals surface area contributed by atoms with Crippen molar-refractivity contribution in [3.63, 3.8) is 0 Å². The lowest BCUT2D eigenvalue weighted by molar-refractivity contribution is 0.390. The highest BCUT2D eigenvalue weighted by atomic mass is 35.5. The SMILES string of the molecule is COc1cccc2c(Cl)nc(CCCN)n12. The summed E-state index contributed by atoms with van der Waals surface area (Å²) in [7, 11) is 1.63. The van der Waals surface area contributed by atoms with Crippen molar-refractivity contribution in [1.29, 1.82) is 0 Å². The Hall–Kier alpha value is -1.26. The lowest BCUT2D eigenvalue weighted by atomic mass is 10.3. The van der Waals surface area contributed by atoms with Gasteiger partial charge in [-0.05, 0) is 25.1 Å². The second-order valence-electron chi connectivity index (χ2n) is 3.50. The van der Waals surface area contributed by atoms with Crippen molar-refractivity contribution in [1.82, 2.24) is 9.38 Å². The Morgan fingerprint density at radius 3 is 3.00 bits per heavy atom. The van der Waals surface area contributed by atoms with Gasteiger partial charge in [-0.3, -0.25) is 4.40 Å². The van der Waals surface area contributed by atoms with Gasteiger partial charge in [-0.25, -0.2) is 4.98 Å². The van der Waals surface area contributed by atoms with Crippen LogP contribution in [0.15, 0.2) is 18.2 Å². The van der Waals surface area contributed by atoms with E-state index in [-0.39, 0.29) is 0 Å². The van der Waals surface area contributed by atoms with Crippen LogP contribution in [0.3, 0.4) is 0 Å². The monoisotopic (exact) mass is 239 g/mol. The summed E-state index contributed by atoms with van der Waals surface area (Å²) in [5, 5.41) is 0.505. The molecular formula is C11H14ClN3O. The Morgan fingerprint density at radius 1 is 1.50 bits per heavy atom. The molecule has 0 aliphatic carbocycles. The Morgan fingerprint density at radius 2 is 2.31 bits per heavy atom. The van der Waals surface area contributed by atoms with Gasteiger partial charge in [-0.1, -0.05) is 17.7 Å². The Labute approximate surface area is 99.0 Å². The number of fused-ring (bicyclic) bond motifs is 1. The van der Waals surface area contributed by atoms with Crippen LogP contribution >= 0.6 is 11.6 Å². The number of aryl methyl sites for hydroxylation is 1. The molecule has 0 aliphatic rings. The van der Waals surface area contributed by atoms with E-state index >= 15 is 0 Å². The van der Waals surface area contributed by atoms with Gasteiger partial charge in [0.2, 0.25) is 0 Å². The molecule has 0 radical (unpaired) electrons. The zero-order chi connectivity index (χ0) is 11.5. The molecule has 0 bridgehead atoms. The molecule has 2 N–H and O–H groups in total. The minimum absolute atomic E-state index is 0.505. The van der Waals surface area contributed by atoms with Crippen LogP contribution in [-0.4, -0.2) is 23.0 Å². The summed E-state index contributed by atoms with van der Waals surface area (Å²) < 4.78 is 7.22. The highest BCUT2D eigenvalue weighted by molar-refractivity contribution is 6.32. The molecule has 5 heteroatoms. The average Bonchev–Trinajstić information content (AvgIpc) is 2.64. The number of nitrogens with zero attached hydrogens (tertiary/aromatic N) is 2. The van der Waals surface area contributed by atoms with Gasteiger partial charge in [0.15, 0.2) is 11.0 Å². The van der Waals surface area contributed by atoms with Gasteiger partial charge in [0.1, 0.15) is 5.82 Å². The number of nitrogens with two attached hydrogens (primary N) is 1. The number of aromatic nitrogens is 2. The third-order valence-corrected chi connectivity index (χ3v) is 2.74. The predicted molar refractivity (Wildman–Crippen MR) is 64.1 cm³/mol. The van der Waals surface area contributed by atoms with E-state index in [9.17, 15) is 0 Å². The molecule has 86 valence electrons. The van der Waals surface area contributed by atoms with Crippen molar-refractivity contribution in [2.45, 2.75) is 12.8 Å². The molecule has 0 saturated carbocycles. The number of methoxy groups -OCH3 is 1. The first kappa shape index (κ1) is 11.2. The number of imidazole rings is 1. The topological polar surface area (TPSA) is 52.5 Å². The molecule has 0 saturated heterocycles. The zero-order valence-electron chi connectivity index (χ0n) is 9.11. The Balaban J connectivity index is 2.55. The summed E-state index contributed by atoms with van der Waals surface area (Å²) >= 11 is 6.07. The van der Waals surface area contributed by atoms with Crippen molar-refractivity contribution < 1.29 is 4.74 Å². The van der Waals surface area contributed by atoms with Crippen molar-refractivity contribution in [2.75, 3.05) is 13.7 Å². The number of hydrogen-bond acceptors (Lipinski definition) is 3. The number of rotatable bonds is 4. The van der Waals surface area contributed by atoms with E-state index in [2.05, 4.69) is 4.98 Å². The summed E-state index contributed by atoms with van der Waals surface area (Å²) in [5.74, 6) is 1.63. The summed E-state index contributed by atoms with van der Waals surface area (Å²) in [6.45, 7) is 0.641. The fraction of sp³-hybridized carbons (Fsp3) is 0.364. The van der Waals surface area contributed by atoms with Crippen LogP contribution in [0.4, 0.5) is 0 Å². The smallest absolute Gasteiger partial charge is 0.199 e. The lowest BCUT2D eigenvalue weighted by Gasteiger charge is -2.06. The molecular weight excluding hydrogens is 226 g/mol. The molecule has 2 rings (SSSR count). The van der Waals surface area contributed by atoms with E-state index in [4.69, 9.17) is 22.1 Å². The van der Waals surface area contributed by atoms with Gasteiger partial charge in [0.25, 0.3) is 0 Å². The van der Waals surface area contributed by atoms with Gasteiger partial charge in [0.05, 0.1) is 12.6 Å². The molecule has 0 spiro atoms. The lowest BCUT2D eigenvalue weighted by Crippen LogP contribution is -2.04. The number of ether oxygens (including phenoxy) is 1. The van der Waals surface area contributed by atoms with E-state index in [1.54, 1.807) is 7.11 Å². The van der Waals surface area contributed by atoms with Crippen LogP contribution in [0.2, 0.25) is 5.15 Å². The molecule has 0 aromatic carbocycles. The van der Waals surface area contributed by atoms with E-state index in [0.29, 0.717) is 11.7 Å². The first-order chi connectivity index (χ1) is 7.77. The summed E-state index contributed by atoms with van der Waals surface area (Å²) in [6.07, 6.45) is 1.68. The van der Waals surface area contributed by atoms with E-state index in [1.807, 2.05) is 22.6 Å². The van der Waals surface area contributed by atoms with Crippen LogP contribution in [0.1, 0.15) is 12.2 Å². The van der Waals surface area contributed by atoms with Crippen molar-refractivity contribution in [2.24, 2.45) is 5.73 Å². The van der Waals surface area contributed by atoms with Crippen LogP contribution in [0.25, 0.3) is 5.52 Å². The first-order valence-electron chi connectivity index (χ1n) is 5.18. The molecule has 0 aliphatic heterocycles. The minimum atomic E-state index is 0.505. The molecule has 4 nitrogen and oxygen atoms in total. The molecule has 0 fully saturated rings. The standard InChI is InChI=1S/C11H14ClN3O/c1-16-10-6-2-4-8-11(12)14-9(15(8)10)5-3-7-13/h2,4,6H,3,5,7,13H2,1H3. The molecule has 2 heterocycles. The first-order valence-corrected chi connectivity index (χ1v) is 5.55. The van der Waals surface area contributed by atoms with Gasteiger partial charge in [-0.2, -0.15) is 0 Å². The van der Waals surface area contributed by atoms with Crippen LogP contribution in [0.5, 0.6) is 5.88 Å². The van der Waals surface area contributed by atoms with Crippen LogP contribution in [-0.2, 0) is 6.42 Å². The third kappa shape index (κ3) is 1.86. The second kappa shape index (κ2) is 4.72. The van der Waals surface area contributed by atoms with Crippen molar-refractivity contribution >= 4 is 17.1 Å². The molecule has 16 heavy (non-hydrogen) atoms. The largest absolute Gasteiger partial charge is 0.482 e. The second-order valence-corrected chi connectivity index (χ2v) is 3.86. The van der Waals surface area contributed by atoms with Crippen molar-refractivity contribution in [3.8, 4) is 5.88 Å². The summed E-state index contributed by atoms with van der Waals surface area (Å²) in [4.78, 5) is 4.33. The third-order valence-electron chi connectivity index (χ3n) is 2.46. The van der Waals surface area contributed by atoms with Gasteiger partial charge >= 0.3 is 0 Å². The minimum Gasteiger partial charge on any atom is -0.482 e. The summed E-state index contributed by atoms with van der Waals surface area (Å²) in [6, 6.07) is 5.70. The number of pyridine rings is 1. The molecule has 2 aromatic heterocycles. The molecule has 0 amide bonds. The number of hydrogen-bond donors (Lipinski definition) is 1. The maximum atomic E-state index is 6.07. The maximum absolute atomic E-state index is 6.07. The average molecular weight is 240 g/mol. The highest BCUT2D eigenvalue weighted by Gasteiger charge is 2.11. The predicted octanol–water partition coefficient (Wildman–Crippen LogP) is 1.89. The Kier molecular flexibility index (Phi) is 3.31. The molecule has 0 unspecified atom stereocenters.